The first kappa shape index (κ1) is 30.6. The summed E-state index contributed by atoms with van der Waals surface area (Å²) in [5.41, 5.74) is 1.07. The first-order valence-electron chi connectivity index (χ1n) is 13.4. The summed E-state index contributed by atoms with van der Waals surface area (Å²) in [6, 6.07) is 19.5. The highest BCUT2D eigenvalue weighted by Crippen LogP contribution is 2.47. The fourth-order valence-electron chi connectivity index (χ4n) is 5.14. The summed E-state index contributed by atoms with van der Waals surface area (Å²) < 4.78 is 25.7. The van der Waals surface area contributed by atoms with E-state index < -0.39 is 29.3 Å². The second kappa shape index (κ2) is 12.5. The van der Waals surface area contributed by atoms with Crippen molar-refractivity contribution in [3.05, 3.63) is 105 Å². The molecule has 228 valence electrons. The predicted molar refractivity (Wildman–Crippen MR) is 174 cm³/mol. The molecule has 45 heavy (non-hydrogen) atoms. The summed E-state index contributed by atoms with van der Waals surface area (Å²) in [5, 5.41) is 32.7. The maximum absolute atomic E-state index is 14.6. The van der Waals surface area contributed by atoms with Crippen molar-refractivity contribution in [2.75, 3.05) is 19.1 Å². The number of carbonyl (C=O) groups is 2. The number of ether oxygens (including phenoxy) is 2. The molecule has 0 radical (unpaired) electrons. The molecule has 1 amide bonds. The number of halogens is 2. The molecule has 1 atom stereocenters. The molecular formula is C32H23BrFN3O6S2. The molecule has 4 aromatic carbocycles. The minimum atomic E-state index is -1.22. The number of aromatic hydroxyl groups is 1. The van der Waals surface area contributed by atoms with E-state index in [1.54, 1.807) is 0 Å². The molecule has 0 aliphatic carbocycles. The van der Waals surface area contributed by atoms with Gasteiger partial charge in [-0.25, -0.2) is 4.39 Å². The number of anilines is 1. The van der Waals surface area contributed by atoms with E-state index in [-0.39, 0.29) is 38.0 Å². The number of hydrogen-bond acceptors (Lipinski definition) is 10. The van der Waals surface area contributed by atoms with Crippen LogP contribution < -0.4 is 14.4 Å². The Kier molecular flexibility index (Phi) is 8.49. The number of rotatable bonds is 8. The SMILES string of the molecule is COc1ccc(C(O)=C2C(=O)C(=O)N(c3nnc(SCc4cccc5ccccc45)s3)[C@@H]2c2cc(Br)c(O)c(OC)c2)cc1F. The topological polar surface area (TPSA) is 122 Å². The Hall–Kier alpha value is -4.46. The number of hydrogen-bond donors (Lipinski definition) is 2. The fraction of sp³-hybridized carbons (Fsp3) is 0.125. The van der Waals surface area contributed by atoms with E-state index in [1.807, 2.05) is 36.4 Å². The second-order valence-corrected chi connectivity index (χ2v) is 12.9. The minimum Gasteiger partial charge on any atom is -0.507 e. The number of Topliss-reactive ketones (excluding diaryl/α,β-unsaturated/α-hetero) is 1. The van der Waals surface area contributed by atoms with Gasteiger partial charge in [0.15, 0.2) is 27.4 Å². The molecule has 5 aromatic rings. The van der Waals surface area contributed by atoms with Crippen LogP contribution in [0.2, 0.25) is 0 Å². The van der Waals surface area contributed by atoms with Crippen LogP contribution in [0.15, 0.2) is 87.2 Å². The largest absolute Gasteiger partial charge is 0.507 e. The summed E-state index contributed by atoms with van der Waals surface area (Å²) in [6.45, 7) is 0. The zero-order valence-electron chi connectivity index (χ0n) is 23.7. The van der Waals surface area contributed by atoms with Crippen LogP contribution in [-0.4, -0.2) is 46.3 Å². The van der Waals surface area contributed by atoms with Crippen LogP contribution in [0.1, 0.15) is 22.7 Å². The van der Waals surface area contributed by atoms with Crippen LogP contribution in [0.5, 0.6) is 17.2 Å². The van der Waals surface area contributed by atoms with Crippen molar-refractivity contribution in [2.45, 2.75) is 16.1 Å². The quantitative estimate of drug-likeness (QED) is 0.0565. The lowest BCUT2D eigenvalue weighted by atomic mass is 9.95. The van der Waals surface area contributed by atoms with Gasteiger partial charge in [0.1, 0.15) is 5.76 Å². The summed E-state index contributed by atoms with van der Waals surface area (Å²) in [7, 11) is 2.66. The number of phenols is 1. The van der Waals surface area contributed by atoms with E-state index >= 15 is 0 Å². The molecule has 2 heterocycles. The molecule has 0 unspecified atom stereocenters. The lowest BCUT2D eigenvalue weighted by Crippen LogP contribution is -2.29. The van der Waals surface area contributed by atoms with Gasteiger partial charge in [-0.1, -0.05) is 65.6 Å². The molecule has 0 saturated carbocycles. The third-order valence-electron chi connectivity index (χ3n) is 7.29. The highest BCUT2D eigenvalue weighted by molar-refractivity contribution is 9.10. The molecule has 9 nitrogen and oxygen atoms in total. The molecule has 6 rings (SSSR count). The molecule has 1 aliphatic rings. The molecule has 1 aliphatic heterocycles. The van der Waals surface area contributed by atoms with E-state index in [2.05, 4.69) is 32.2 Å². The van der Waals surface area contributed by atoms with Crippen molar-refractivity contribution < 1.29 is 33.7 Å². The van der Waals surface area contributed by atoms with Crippen molar-refractivity contribution in [3.8, 4) is 17.2 Å². The Morgan fingerprint density at radius 2 is 1.78 bits per heavy atom. The van der Waals surface area contributed by atoms with Gasteiger partial charge in [0.2, 0.25) is 5.13 Å². The highest BCUT2D eigenvalue weighted by Gasteiger charge is 2.49. The standard InChI is InChI=1S/C32H23BrFN3O6S2/c1-42-23-11-10-17(13-22(23)34)27(38)25-26(19-12-21(33)28(39)24(14-19)43-2)37(30(41)29(25)40)31-35-36-32(45-31)44-15-18-8-5-7-16-6-3-4-9-20(16)18/h3-14,26,38-39H,15H2,1-2H3/t26-/m1/s1. The molecule has 0 bridgehead atoms. The van der Waals surface area contributed by atoms with Gasteiger partial charge in [0.05, 0.1) is 30.3 Å². The number of nitrogens with zero attached hydrogens (tertiary/aromatic N) is 3. The van der Waals surface area contributed by atoms with Crippen molar-refractivity contribution >= 4 is 72.4 Å². The number of fused-ring (bicyclic) bond motifs is 1. The number of aliphatic hydroxyl groups is 1. The smallest absolute Gasteiger partial charge is 0.301 e. The van der Waals surface area contributed by atoms with Gasteiger partial charge in [0.25, 0.3) is 5.78 Å². The van der Waals surface area contributed by atoms with Crippen LogP contribution in [0, 0.1) is 5.82 Å². The van der Waals surface area contributed by atoms with E-state index in [4.69, 9.17) is 9.47 Å². The van der Waals surface area contributed by atoms with Gasteiger partial charge in [-0.2, -0.15) is 0 Å². The lowest BCUT2D eigenvalue weighted by molar-refractivity contribution is -0.132. The van der Waals surface area contributed by atoms with Gasteiger partial charge < -0.3 is 19.7 Å². The average Bonchev–Trinajstić information content (AvgIpc) is 3.62. The summed E-state index contributed by atoms with van der Waals surface area (Å²) in [5.74, 6) is -2.93. The molecule has 1 saturated heterocycles. The Bertz CT molecular complexity index is 2010. The molecule has 0 spiro atoms. The summed E-state index contributed by atoms with van der Waals surface area (Å²) in [6.07, 6.45) is 0. The van der Waals surface area contributed by atoms with Gasteiger partial charge in [-0.05, 0) is 68.2 Å². The number of thioether (sulfide) groups is 1. The third-order valence-corrected chi connectivity index (χ3v) is 10.00. The minimum absolute atomic E-state index is 0.0373. The number of methoxy groups -OCH3 is 2. The molecule has 13 heteroatoms. The zero-order chi connectivity index (χ0) is 31.8. The molecule has 1 fully saturated rings. The third kappa shape index (κ3) is 5.62. The monoisotopic (exact) mass is 707 g/mol. The van der Waals surface area contributed by atoms with Crippen LogP contribution in [0.4, 0.5) is 9.52 Å². The zero-order valence-corrected chi connectivity index (χ0v) is 26.9. The Balaban J connectivity index is 1.42. The van der Waals surface area contributed by atoms with E-state index in [1.165, 1.54) is 50.2 Å². The van der Waals surface area contributed by atoms with Gasteiger partial charge in [-0.15, -0.1) is 10.2 Å². The summed E-state index contributed by atoms with van der Waals surface area (Å²) >= 11 is 5.84. The van der Waals surface area contributed by atoms with Gasteiger partial charge in [-0.3, -0.25) is 14.5 Å². The van der Waals surface area contributed by atoms with Crippen molar-refractivity contribution in [3.63, 3.8) is 0 Å². The van der Waals surface area contributed by atoms with E-state index in [0.717, 1.165) is 38.6 Å². The van der Waals surface area contributed by atoms with Crippen LogP contribution in [0.25, 0.3) is 16.5 Å². The summed E-state index contributed by atoms with van der Waals surface area (Å²) in [4.78, 5) is 28.3. The number of aliphatic hydroxyl groups excluding tert-OH is 1. The van der Waals surface area contributed by atoms with Gasteiger partial charge >= 0.3 is 5.91 Å². The van der Waals surface area contributed by atoms with Crippen molar-refractivity contribution in [1.29, 1.82) is 0 Å². The number of amides is 1. The molecular weight excluding hydrogens is 685 g/mol. The van der Waals surface area contributed by atoms with Crippen LogP contribution in [0.3, 0.4) is 0 Å². The number of carbonyl (C=O) groups excluding carboxylic acids is 2. The van der Waals surface area contributed by atoms with Crippen molar-refractivity contribution in [2.24, 2.45) is 0 Å². The normalized spacial score (nSPS) is 16.0. The average molecular weight is 709 g/mol. The fourth-order valence-corrected chi connectivity index (χ4v) is 7.47. The lowest BCUT2D eigenvalue weighted by Gasteiger charge is -2.23. The Morgan fingerprint density at radius 3 is 2.53 bits per heavy atom. The van der Waals surface area contributed by atoms with E-state index in [9.17, 15) is 24.2 Å². The Morgan fingerprint density at radius 1 is 1.02 bits per heavy atom. The second-order valence-electron chi connectivity index (χ2n) is 9.85. The molecule has 1 aromatic heterocycles. The maximum atomic E-state index is 14.6. The Labute approximate surface area is 273 Å². The first-order chi connectivity index (χ1) is 21.7. The first-order valence-corrected chi connectivity index (χ1v) is 16.0. The number of benzene rings is 4. The van der Waals surface area contributed by atoms with Crippen LogP contribution in [-0.2, 0) is 15.3 Å². The highest BCUT2D eigenvalue weighted by atomic mass is 79.9. The van der Waals surface area contributed by atoms with E-state index in [0.29, 0.717) is 15.7 Å². The number of phenolic OH excluding ortho intramolecular Hbond substituents is 1. The van der Waals surface area contributed by atoms with Gasteiger partial charge in [0, 0.05) is 11.3 Å². The molecule has 2 N–H and O–H groups in total. The number of aromatic nitrogens is 2. The van der Waals surface area contributed by atoms with Crippen molar-refractivity contribution in [1.82, 2.24) is 10.2 Å². The predicted octanol–water partition coefficient (Wildman–Crippen LogP) is 7.23. The maximum Gasteiger partial charge on any atom is 0.301 e. The van der Waals surface area contributed by atoms with Crippen LogP contribution >= 0.6 is 39.0 Å². The number of ketones is 1.